The van der Waals surface area contributed by atoms with E-state index in [-0.39, 0.29) is 16.4 Å². The van der Waals surface area contributed by atoms with Crippen LogP contribution in [-0.4, -0.2) is 39.6 Å². The van der Waals surface area contributed by atoms with Crippen LogP contribution in [0.3, 0.4) is 0 Å². The van der Waals surface area contributed by atoms with Gasteiger partial charge in [-0.15, -0.1) is 0 Å². The first-order valence-corrected chi connectivity index (χ1v) is 7.40. The molecular formula is C16H32O3. The van der Waals surface area contributed by atoms with Crippen LogP contribution in [-0.2, 0) is 14.2 Å². The molecule has 0 amide bonds. The van der Waals surface area contributed by atoms with Crippen molar-refractivity contribution in [3.8, 4) is 0 Å². The minimum atomic E-state index is -0.0951. The van der Waals surface area contributed by atoms with E-state index in [0.29, 0.717) is 19.8 Å². The lowest BCUT2D eigenvalue weighted by Gasteiger charge is -2.45. The molecule has 1 fully saturated rings. The molecule has 1 aliphatic carbocycles. The van der Waals surface area contributed by atoms with Gasteiger partial charge in [-0.05, 0) is 25.2 Å². The van der Waals surface area contributed by atoms with Gasteiger partial charge in [-0.25, -0.2) is 0 Å². The highest BCUT2D eigenvalue weighted by Gasteiger charge is 2.44. The van der Waals surface area contributed by atoms with Crippen LogP contribution >= 0.6 is 0 Å². The highest BCUT2D eigenvalue weighted by molar-refractivity contribution is 4.92. The summed E-state index contributed by atoms with van der Waals surface area (Å²) in [5.41, 5.74) is 0.0358. The number of rotatable bonds is 7. The summed E-state index contributed by atoms with van der Waals surface area (Å²) in [4.78, 5) is 0. The zero-order chi connectivity index (χ0) is 14.6. The molecule has 0 spiro atoms. The number of hydrogen-bond donors (Lipinski definition) is 0. The Morgan fingerprint density at radius 3 is 1.74 bits per heavy atom. The van der Waals surface area contributed by atoms with Crippen LogP contribution in [0.2, 0.25) is 0 Å². The molecule has 0 radical (unpaired) electrons. The van der Waals surface area contributed by atoms with Gasteiger partial charge < -0.3 is 14.2 Å². The second-order valence-corrected chi connectivity index (χ2v) is 7.34. The predicted octanol–water partition coefficient (Wildman–Crippen LogP) is 3.66. The topological polar surface area (TPSA) is 27.7 Å². The molecule has 3 heteroatoms. The van der Waals surface area contributed by atoms with Gasteiger partial charge in [-0.3, -0.25) is 0 Å². The quantitative estimate of drug-likeness (QED) is 0.708. The van der Waals surface area contributed by atoms with Gasteiger partial charge in [-0.1, -0.05) is 33.6 Å². The molecule has 0 bridgehead atoms. The maximum atomic E-state index is 6.33. The van der Waals surface area contributed by atoms with E-state index in [0.717, 1.165) is 0 Å². The minimum Gasteiger partial charge on any atom is -0.384 e. The van der Waals surface area contributed by atoms with E-state index < -0.39 is 0 Å². The largest absolute Gasteiger partial charge is 0.384 e. The third-order valence-corrected chi connectivity index (χ3v) is 4.79. The smallest absolute Gasteiger partial charge is 0.0654 e. The van der Waals surface area contributed by atoms with Crippen molar-refractivity contribution in [3.05, 3.63) is 0 Å². The second-order valence-electron chi connectivity index (χ2n) is 7.34. The SMILES string of the molecule is COCC(COC)(COC1(C)CCCC1)C(C)(C)C. The number of ether oxygens (including phenoxy) is 3. The van der Waals surface area contributed by atoms with Gasteiger partial charge in [0, 0.05) is 19.6 Å². The summed E-state index contributed by atoms with van der Waals surface area (Å²) in [7, 11) is 3.51. The van der Waals surface area contributed by atoms with Crippen molar-refractivity contribution in [1.29, 1.82) is 0 Å². The monoisotopic (exact) mass is 272 g/mol. The summed E-state index contributed by atoms with van der Waals surface area (Å²) in [5.74, 6) is 0. The van der Waals surface area contributed by atoms with Gasteiger partial charge in [0.2, 0.25) is 0 Å². The molecule has 3 nitrogen and oxygen atoms in total. The Labute approximate surface area is 119 Å². The summed E-state index contributed by atoms with van der Waals surface area (Å²) in [6, 6.07) is 0. The summed E-state index contributed by atoms with van der Waals surface area (Å²) < 4.78 is 17.3. The van der Waals surface area contributed by atoms with Gasteiger partial charge in [-0.2, -0.15) is 0 Å². The van der Waals surface area contributed by atoms with E-state index in [1.807, 2.05) is 0 Å². The van der Waals surface area contributed by atoms with E-state index in [9.17, 15) is 0 Å². The second kappa shape index (κ2) is 6.55. The molecule has 0 saturated heterocycles. The van der Waals surface area contributed by atoms with E-state index >= 15 is 0 Å². The molecule has 0 aliphatic heterocycles. The maximum absolute atomic E-state index is 6.33. The average Bonchev–Trinajstić information content (AvgIpc) is 2.73. The number of hydrogen-bond acceptors (Lipinski definition) is 3. The Hall–Kier alpha value is -0.120. The minimum absolute atomic E-state index is 0.0536. The van der Waals surface area contributed by atoms with Crippen LogP contribution in [0.15, 0.2) is 0 Å². The fourth-order valence-electron chi connectivity index (χ4n) is 2.91. The van der Waals surface area contributed by atoms with Gasteiger partial charge in [0.25, 0.3) is 0 Å². The lowest BCUT2D eigenvalue weighted by Crippen LogP contribution is -2.49. The third-order valence-electron chi connectivity index (χ3n) is 4.79. The van der Waals surface area contributed by atoms with Crippen LogP contribution in [0, 0.1) is 10.8 Å². The molecule has 0 aromatic carbocycles. The van der Waals surface area contributed by atoms with Crippen molar-refractivity contribution in [2.45, 2.75) is 59.0 Å². The third kappa shape index (κ3) is 4.17. The Morgan fingerprint density at radius 1 is 0.895 bits per heavy atom. The summed E-state index contributed by atoms with van der Waals surface area (Å²) in [6.07, 6.45) is 4.92. The lowest BCUT2D eigenvalue weighted by molar-refractivity contribution is -0.146. The molecule has 0 aromatic heterocycles. The van der Waals surface area contributed by atoms with E-state index in [4.69, 9.17) is 14.2 Å². The van der Waals surface area contributed by atoms with Crippen molar-refractivity contribution in [2.75, 3.05) is 34.0 Å². The van der Waals surface area contributed by atoms with Gasteiger partial charge >= 0.3 is 0 Å². The first-order chi connectivity index (χ1) is 8.79. The van der Waals surface area contributed by atoms with E-state index in [1.54, 1.807) is 14.2 Å². The highest BCUT2D eigenvalue weighted by Crippen LogP contribution is 2.42. The zero-order valence-electron chi connectivity index (χ0n) is 13.7. The van der Waals surface area contributed by atoms with E-state index in [2.05, 4.69) is 27.7 Å². The Bertz CT molecular complexity index is 256. The molecular weight excluding hydrogens is 240 g/mol. The highest BCUT2D eigenvalue weighted by atomic mass is 16.5. The molecule has 1 saturated carbocycles. The van der Waals surface area contributed by atoms with Crippen molar-refractivity contribution >= 4 is 0 Å². The summed E-state index contributed by atoms with van der Waals surface area (Å²) in [5, 5.41) is 0. The van der Waals surface area contributed by atoms with Crippen LogP contribution in [0.1, 0.15) is 53.4 Å². The molecule has 114 valence electrons. The van der Waals surface area contributed by atoms with Crippen LogP contribution in [0.5, 0.6) is 0 Å². The number of methoxy groups -OCH3 is 2. The van der Waals surface area contributed by atoms with Crippen molar-refractivity contribution < 1.29 is 14.2 Å². The average molecular weight is 272 g/mol. The molecule has 19 heavy (non-hydrogen) atoms. The van der Waals surface area contributed by atoms with Gasteiger partial charge in [0.1, 0.15) is 0 Å². The first-order valence-electron chi connectivity index (χ1n) is 7.40. The van der Waals surface area contributed by atoms with Gasteiger partial charge in [0.15, 0.2) is 0 Å². The Kier molecular flexibility index (Phi) is 5.84. The molecule has 0 heterocycles. The zero-order valence-corrected chi connectivity index (χ0v) is 13.7. The Morgan fingerprint density at radius 2 is 1.37 bits per heavy atom. The fraction of sp³-hybridized carbons (Fsp3) is 1.00. The molecule has 0 N–H and O–H groups in total. The summed E-state index contributed by atoms with van der Waals surface area (Å²) in [6.45, 7) is 11.0. The normalized spacial score (nSPS) is 19.9. The predicted molar refractivity (Wildman–Crippen MR) is 78.5 cm³/mol. The molecule has 0 unspecified atom stereocenters. The van der Waals surface area contributed by atoms with Crippen molar-refractivity contribution in [1.82, 2.24) is 0 Å². The molecule has 1 rings (SSSR count). The van der Waals surface area contributed by atoms with E-state index in [1.165, 1.54) is 25.7 Å². The van der Waals surface area contributed by atoms with Crippen LogP contribution < -0.4 is 0 Å². The molecule has 0 aromatic rings. The van der Waals surface area contributed by atoms with Crippen LogP contribution in [0.25, 0.3) is 0 Å². The first kappa shape index (κ1) is 16.9. The Balaban J connectivity index is 2.77. The molecule has 0 atom stereocenters. The van der Waals surface area contributed by atoms with Crippen molar-refractivity contribution in [2.24, 2.45) is 10.8 Å². The maximum Gasteiger partial charge on any atom is 0.0654 e. The van der Waals surface area contributed by atoms with Crippen molar-refractivity contribution in [3.63, 3.8) is 0 Å². The summed E-state index contributed by atoms with van der Waals surface area (Å²) >= 11 is 0. The fourth-order valence-corrected chi connectivity index (χ4v) is 2.91. The standard InChI is InChI=1S/C16H32O3/c1-14(2,3)16(11-17-5,12-18-6)13-19-15(4)9-7-8-10-15/h7-13H2,1-6H3. The van der Waals surface area contributed by atoms with Crippen LogP contribution in [0.4, 0.5) is 0 Å². The molecule has 1 aliphatic rings. The van der Waals surface area contributed by atoms with Gasteiger partial charge in [0.05, 0.1) is 25.4 Å². The lowest BCUT2D eigenvalue weighted by atomic mass is 9.68.